The van der Waals surface area contributed by atoms with Crippen molar-refractivity contribution in [2.75, 3.05) is 7.11 Å². The van der Waals surface area contributed by atoms with E-state index >= 15 is 0 Å². The van der Waals surface area contributed by atoms with Gasteiger partial charge in [0.05, 0.1) is 18.7 Å². The van der Waals surface area contributed by atoms with Crippen molar-refractivity contribution in [3.8, 4) is 5.75 Å². The molecular formula is C23H25FN2O4. The van der Waals surface area contributed by atoms with E-state index in [0.29, 0.717) is 29.0 Å². The van der Waals surface area contributed by atoms with Gasteiger partial charge in [-0.3, -0.25) is 0 Å². The van der Waals surface area contributed by atoms with Gasteiger partial charge in [0.25, 0.3) is 0 Å². The maximum Gasteiger partial charge on any atom is 0.337 e. The summed E-state index contributed by atoms with van der Waals surface area (Å²) in [6.45, 7) is 2.31. The minimum Gasteiger partial charge on any atom is -0.489 e. The topological polar surface area (TPSA) is 76.7 Å². The van der Waals surface area contributed by atoms with Crippen molar-refractivity contribution in [1.82, 2.24) is 10.6 Å². The molecule has 0 bridgehead atoms. The van der Waals surface area contributed by atoms with Gasteiger partial charge >= 0.3 is 12.0 Å². The SMILES string of the molecule is CCCCC1=C(C(=O)OC)C(c2cccc(OCc3ccc(F)cc3)c2)NC(=O)N1. The van der Waals surface area contributed by atoms with E-state index in [1.807, 2.05) is 13.0 Å². The van der Waals surface area contributed by atoms with Crippen molar-refractivity contribution in [1.29, 1.82) is 0 Å². The highest BCUT2D eigenvalue weighted by molar-refractivity contribution is 5.95. The predicted octanol–water partition coefficient (Wildman–Crippen LogP) is 4.38. The summed E-state index contributed by atoms with van der Waals surface area (Å²) in [7, 11) is 1.32. The first-order valence-corrected chi connectivity index (χ1v) is 9.88. The molecular weight excluding hydrogens is 387 g/mol. The molecule has 0 spiro atoms. The number of hydrogen-bond donors (Lipinski definition) is 2. The maximum atomic E-state index is 13.1. The number of urea groups is 1. The second kappa shape index (κ2) is 9.91. The third-order valence-electron chi connectivity index (χ3n) is 4.85. The van der Waals surface area contributed by atoms with Gasteiger partial charge in [-0.25, -0.2) is 14.0 Å². The lowest BCUT2D eigenvalue weighted by Gasteiger charge is -2.29. The number of allylic oxidation sites excluding steroid dienone is 1. The molecule has 3 rings (SSSR count). The molecule has 1 aliphatic rings. The molecule has 2 aromatic rings. The van der Waals surface area contributed by atoms with Gasteiger partial charge in [-0.05, 0) is 48.2 Å². The molecule has 1 aliphatic heterocycles. The highest BCUT2D eigenvalue weighted by Gasteiger charge is 2.33. The van der Waals surface area contributed by atoms with Crippen LogP contribution in [0.4, 0.5) is 9.18 Å². The summed E-state index contributed by atoms with van der Waals surface area (Å²) < 4.78 is 23.9. The van der Waals surface area contributed by atoms with Gasteiger partial charge in [0.15, 0.2) is 0 Å². The van der Waals surface area contributed by atoms with Gasteiger partial charge in [0, 0.05) is 5.70 Å². The van der Waals surface area contributed by atoms with E-state index in [2.05, 4.69) is 10.6 Å². The molecule has 2 amide bonds. The molecule has 1 unspecified atom stereocenters. The zero-order valence-corrected chi connectivity index (χ0v) is 17.0. The molecule has 0 radical (unpaired) electrons. The summed E-state index contributed by atoms with van der Waals surface area (Å²) in [6.07, 6.45) is 2.34. The minimum atomic E-state index is -0.646. The molecule has 2 N–H and O–H groups in total. The lowest BCUT2D eigenvalue weighted by Crippen LogP contribution is -2.45. The zero-order chi connectivity index (χ0) is 21.5. The quantitative estimate of drug-likeness (QED) is 0.631. The number of carbonyl (C=O) groups is 2. The predicted molar refractivity (Wildman–Crippen MR) is 110 cm³/mol. The van der Waals surface area contributed by atoms with Gasteiger partial charge in [0.2, 0.25) is 0 Å². The molecule has 0 saturated heterocycles. The number of benzene rings is 2. The number of methoxy groups -OCH3 is 1. The number of nitrogens with one attached hydrogen (secondary N) is 2. The Bertz CT molecular complexity index is 940. The third-order valence-corrected chi connectivity index (χ3v) is 4.85. The molecule has 1 heterocycles. The van der Waals surface area contributed by atoms with Crippen LogP contribution < -0.4 is 15.4 Å². The molecule has 7 heteroatoms. The summed E-state index contributed by atoms with van der Waals surface area (Å²) in [4.78, 5) is 24.8. The van der Waals surface area contributed by atoms with Crippen LogP contribution in [0.2, 0.25) is 0 Å². The van der Waals surface area contributed by atoms with Crippen molar-refractivity contribution in [2.45, 2.75) is 38.8 Å². The fraction of sp³-hybridized carbons (Fsp3) is 0.304. The Kier molecular flexibility index (Phi) is 7.06. The summed E-state index contributed by atoms with van der Waals surface area (Å²) in [5.41, 5.74) is 2.50. The number of amides is 2. The Hall–Kier alpha value is -3.35. The van der Waals surface area contributed by atoms with E-state index in [0.717, 1.165) is 18.4 Å². The van der Waals surface area contributed by atoms with Crippen molar-refractivity contribution in [2.24, 2.45) is 0 Å². The van der Waals surface area contributed by atoms with Crippen molar-refractivity contribution >= 4 is 12.0 Å². The van der Waals surface area contributed by atoms with Crippen LogP contribution >= 0.6 is 0 Å². The first kappa shape index (κ1) is 21.4. The molecule has 0 aliphatic carbocycles. The Morgan fingerprint density at radius 2 is 1.93 bits per heavy atom. The fourth-order valence-electron chi connectivity index (χ4n) is 3.30. The Labute approximate surface area is 175 Å². The fourth-order valence-corrected chi connectivity index (χ4v) is 3.30. The molecule has 6 nitrogen and oxygen atoms in total. The van der Waals surface area contributed by atoms with Crippen molar-refractivity contribution < 1.29 is 23.5 Å². The number of esters is 1. The van der Waals surface area contributed by atoms with E-state index in [-0.39, 0.29) is 18.5 Å². The summed E-state index contributed by atoms with van der Waals surface area (Å²) >= 11 is 0. The molecule has 0 fully saturated rings. The Morgan fingerprint density at radius 3 is 2.63 bits per heavy atom. The highest BCUT2D eigenvalue weighted by atomic mass is 19.1. The van der Waals surface area contributed by atoms with Crippen molar-refractivity contribution in [3.63, 3.8) is 0 Å². The smallest absolute Gasteiger partial charge is 0.337 e. The zero-order valence-electron chi connectivity index (χ0n) is 17.0. The van der Waals surface area contributed by atoms with E-state index in [1.54, 1.807) is 30.3 Å². The van der Waals surface area contributed by atoms with E-state index in [1.165, 1.54) is 19.2 Å². The van der Waals surface area contributed by atoms with Crippen molar-refractivity contribution in [3.05, 3.63) is 76.7 Å². The number of halogens is 1. The second-order valence-electron chi connectivity index (χ2n) is 7.01. The monoisotopic (exact) mass is 412 g/mol. The normalized spacial score (nSPS) is 16.0. The summed E-state index contributed by atoms with van der Waals surface area (Å²) in [5.74, 6) is -0.219. The van der Waals surface area contributed by atoms with E-state index in [9.17, 15) is 14.0 Å². The number of unbranched alkanes of at least 4 members (excludes halogenated alkanes) is 1. The van der Waals surface area contributed by atoms with Gasteiger partial charge < -0.3 is 20.1 Å². The first-order chi connectivity index (χ1) is 14.5. The number of hydrogen-bond acceptors (Lipinski definition) is 4. The largest absolute Gasteiger partial charge is 0.489 e. The van der Waals surface area contributed by atoms with Crippen LogP contribution in [0.3, 0.4) is 0 Å². The molecule has 0 saturated carbocycles. The summed E-state index contributed by atoms with van der Waals surface area (Å²) in [6, 6.07) is 12.2. The molecule has 1 atom stereocenters. The Morgan fingerprint density at radius 1 is 1.17 bits per heavy atom. The second-order valence-corrected chi connectivity index (χ2v) is 7.01. The standard InChI is InChI=1S/C23H25FN2O4/c1-3-4-8-19-20(22(27)29-2)21(26-23(28)25-19)16-6-5-7-18(13-16)30-14-15-9-11-17(24)12-10-15/h5-7,9-13,21H,3-4,8,14H2,1-2H3,(H2,25,26,28). The van der Waals surface area contributed by atoms with Crippen LogP contribution in [0, 0.1) is 5.82 Å². The van der Waals surface area contributed by atoms with Gasteiger partial charge in [-0.15, -0.1) is 0 Å². The minimum absolute atomic E-state index is 0.268. The Balaban J connectivity index is 1.86. The average molecular weight is 412 g/mol. The van der Waals surface area contributed by atoms with E-state index < -0.39 is 12.0 Å². The molecule has 30 heavy (non-hydrogen) atoms. The number of rotatable bonds is 8. The van der Waals surface area contributed by atoms with Gasteiger partial charge in [0.1, 0.15) is 18.2 Å². The van der Waals surface area contributed by atoms with Crippen LogP contribution in [0.25, 0.3) is 0 Å². The van der Waals surface area contributed by atoms with E-state index in [4.69, 9.17) is 9.47 Å². The van der Waals surface area contributed by atoms with Crippen LogP contribution in [0.1, 0.15) is 43.4 Å². The van der Waals surface area contributed by atoms with Crippen LogP contribution in [0.5, 0.6) is 5.75 Å². The number of ether oxygens (including phenoxy) is 2. The highest BCUT2D eigenvalue weighted by Crippen LogP contribution is 2.31. The van der Waals surface area contributed by atoms with Crippen LogP contribution in [0.15, 0.2) is 59.8 Å². The third kappa shape index (κ3) is 5.17. The average Bonchev–Trinajstić information content (AvgIpc) is 2.76. The number of carbonyl (C=O) groups excluding carboxylic acids is 2. The maximum absolute atomic E-state index is 13.1. The van der Waals surface area contributed by atoms with Crippen LogP contribution in [-0.4, -0.2) is 19.1 Å². The first-order valence-electron chi connectivity index (χ1n) is 9.88. The molecule has 2 aromatic carbocycles. The van der Waals surface area contributed by atoms with Gasteiger partial charge in [-0.1, -0.05) is 37.6 Å². The molecule has 0 aromatic heterocycles. The van der Waals surface area contributed by atoms with Gasteiger partial charge in [-0.2, -0.15) is 0 Å². The lowest BCUT2D eigenvalue weighted by atomic mass is 9.93. The lowest BCUT2D eigenvalue weighted by molar-refractivity contribution is -0.136. The molecule has 158 valence electrons. The van der Waals surface area contributed by atoms with Crippen LogP contribution in [-0.2, 0) is 16.1 Å². The summed E-state index contributed by atoms with van der Waals surface area (Å²) in [5, 5.41) is 5.55.